The molecule has 4 saturated heterocycles. The third kappa shape index (κ3) is 22.3. The Labute approximate surface area is 561 Å². The molecule has 0 saturated carbocycles. The number of piperidine rings is 4. The first kappa shape index (κ1) is 72.3. The second-order valence-electron chi connectivity index (χ2n) is 28.1. The Morgan fingerprint density at radius 3 is 1.41 bits per heavy atom. The Morgan fingerprint density at radius 2 is 1.00 bits per heavy atom. The van der Waals surface area contributed by atoms with Gasteiger partial charge < -0.3 is 59.5 Å². The fourth-order valence-corrected chi connectivity index (χ4v) is 13.5. The van der Waals surface area contributed by atoms with Crippen LogP contribution in [-0.4, -0.2) is 152 Å². The molecule has 19 heteroatoms. The molecule has 4 aromatic carbocycles. The second kappa shape index (κ2) is 35.3. The maximum atomic E-state index is 13.9. The number of alkyl carbamates (subject to hydrolysis) is 2. The van der Waals surface area contributed by atoms with Crippen LogP contribution in [0.1, 0.15) is 180 Å². The van der Waals surface area contributed by atoms with Crippen molar-refractivity contribution >= 4 is 67.7 Å². The first-order valence-corrected chi connectivity index (χ1v) is 35.4. The smallest absolute Gasteiger partial charge is 0.407 e. The van der Waals surface area contributed by atoms with Gasteiger partial charge in [0.25, 0.3) is 0 Å². The summed E-state index contributed by atoms with van der Waals surface area (Å²) in [6, 6.07) is 32.3. The van der Waals surface area contributed by atoms with Gasteiger partial charge in [-0.25, -0.2) is 19.6 Å². The first-order valence-electron chi connectivity index (χ1n) is 34.6. The van der Waals surface area contributed by atoms with Gasteiger partial charge in [-0.15, -0.1) is 0 Å². The third-order valence-electron chi connectivity index (χ3n) is 18.2. The molecule has 0 aliphatic carbocycles. The van der Waals surface area contributed by atoms with E-state index < -0.39 is 29.4 Å². The monoisotopic (exact) mass is 1340 g/mol. The van der Waals surface area contributed by atoms with E-state index in [0.29, 0.717) is 50.9 Å². The zero-order chi connectivity index (χ0) is 66.5. The molecule has 0 radical (unpaired) electrons. The topological polar surface area (TPSA) is 209 Å². The van der Waals surface area contributed by atoms with Crippen LogP contribution in [0.4, 0.5) is 15.3 Å². The van der Waals surface area contributed by atoms with Gasteiger partial charge in [0.2, 0.25) is 11.8 Å². The molecule has 4 aliphatic rings. The van der Waals surface area contributed by atoms with Crippen LogP contribution in [0.15, 0.2) is 102 Å². The number of hydrogen-bond acceptors (Lipinski definition) is 12. The predicted molar refractivity (Wildman–Crippen MR) is 375 cm³/mol. The largest absolute Gasteiger partial charge is 0.444 e. The molecule has 6 heterocycles. The standard InChI is InChI=1S/C37H53N5O4.C31H41BrN4O3.C6H13NO/c1-5-6-20-42-33-12-8-7-11-32(33)39-35(42)29-10-9-19-41(25-29)34(44)24-30(38-36(45)46-37(2,3)4)23-27-13-15-31(16-14-27)40-21-17-28(26-43)18-22-40;1-5-6-18-36-27-12-8-7-11-26(27)34-29(36)23-10-9-17-35(21-23)28(37)20-25(33-30(38)39-31(2,3)4)19-22-13-15-24(32)16-14-22;8-5-6-1-3-7-4-2-6/h7-8,11-16,28-30,43H,5-6,9-10,17-26H2,1-4H3,(H,38,45);7-8,11-16,23,25H,5-6,9-10,17-21H2,1-4H3,(H,33,38);6-8H,1-5H2/t29-,30-;23-,25-;/m11./s1. The van der Waals surface area contributed by atoms with E-state index >= 15 is 0 Å². The number of nitrogens with one attached hydrogen (secondary N) is 3. The van der Waals surface area contributed by atoms with Gasteiger partial charge in [0, 0.05) is 112 Å². The quantitative estimate of drug-likeness (QED) is 0.0456. The van der Waals surface area contributed by atoms with Gasteiger partial charge in [-0.1, -0.05) is 91.1 Å². The minimum Gasteiger partial charge on any atom is -0.444 e. The van der Waals surface area contributed by atoms with E-state index in [2.05, 4.69) is 120 Å². The van der Waals surface area contributed by atoms with Crippen LogP contribution in [0.3, 0.4) is 0 Å². The maximum absolute atomic E-state index is 13.9. The van der Waals surface area contributed by atoms with E-state index in [4.69, 9.17) is 24.5 Å². The number of aryl methyl sites for hydroxylation is 2. The highest BCUT2D eigenvalue weighted by atomic mass is 79.9. The van der Waals surface area contributed by atoms with Crippen LogP contribution in [0.5, 0.6) is 0 Å². The average molecular weight is 1340 g/mol. The number of halogens is 1. The molecule has 4 aliphatic heterocycles. The predicted octanol–water partition coefficient (Wildman–Crippen LogP) is 13.1. The molecule has 93 heavy (non-hydrogen) atoms. The molecule has 4 amide bonds. The van der Waals surface area contributed by atoms with Gasteiger partial charge in [-0.3, -0.25) is 9.59 Å². The van der Waals surface area contributed by atoms with Gasteiger partial charge in [-0.2, -0.15) is 0 Å². The normalized spacial score (nSPS) is 18.2. The van der Waals surface area contributed by atoms with Crippen molar-refractivity contribution in [3.05, 3.63) is 124 Å². The van der Waals surface area contributed by atoms with Gasteiger partial charge in [-0.05, 0) is 203 Å². The number of carbonyl (C=O) groups excluding carboxylic acids is 4. The van der Waals surface area contributed by atoms with Crippen molar-refractivity contribution < 1.29 is 38.9 Å². The second-order valence-corrected chi connectivity index (χ2v) is 29.0. The SMILES string of the molecule is CCCCn1c([C@@H]2CCCN(C(=O)C[C@@H](Cc3ccc(Br)cc3)NC(=O)OC(C)(C)C)C2)nc2ccccc21.CCCCn1c([C@@H]2CCCN(C(=O)C[C@@H](Cc3ccc(N4CCC(CO)CC4)cc3)NC(=O)OC(C)(C)C)C2)nc2ccccc21.OCC1CCNCC1. The molecular weight excluding hydrogens is 1240 g/mol. The summed E-state index contributed by atoms with van der Waals surface area (Å²) >= 11 is 3.47. The zero-order valence-corrected chi connectivity index (χ0v) is 58.4. The van der Waals surface area contributed by atoms with Crippen LogP contribution in [0, 0.1) is 11.8 Å². The summed E-state index contributed by atoms with van der Waals surface area (Å²) in [7, 11) is 0. The number of aliphatic hydroxyl groups excluding tert-OH is 2. The molecule has 0 bridgehead atoms. The van der Waals surface area contributed by atoms with E-state index in [9.17, 15) is 24.3 Å². The fraction of sp³-hybridized carbons (Fsp3) is 0.595. The van der Waals surface area contributed by atoms with Crippen molar-refractivity contribution in [2.24, 2.45) is 11.8 Å². The molecule has 2 aromatic heterocycles. The number of para-hydroxylation sites is 4. The minimum atomic E-state index is -0.632. The van der Waals surface area contributed by atoms with Crippen molar-refractivity contribution in [1.29, 1.82) is 0 Å². The van der Waals surface area contributed by atoms with Crippen LogP contribution in [-0.2, 0) is 45.0 Å². The highest BCUT2D eigenvalue weighted by Crippen LogP contribution is 2.33. The molecule has 4 atom stereocenters. The number of unbranched alkanes of at least 4 members (excludes halogenated alkanes) is 2. The van der Waals surface area contributed by atoms with Crippen molar-refractivity contribution in [2.75, 3.05) is 70.5 Å². The molecule has 4 fully saturated rings. The average Bonchev–Trinajstić information content (AvgIpc) is 1.67. The molecule has 5 N–H and O–H groups in total. The van der Waals surface area contributed by atoms with E-state index in [0.717, 1.165) is 172 Å². The number of rotatable bonds is 21. The highest BCUT2D eigenvalue weighted by Gasteiger charge is 2.33. The lowest BCUT2D eigenvalue weighted by molar-refractivity contribution is -0.133. The summed E-state index contributed by atoms with van der Waals surface area (Å²) in [6.45, 7) is 24.7. The molecule has 0 unspecified atom stereocenters. The fourth-order valence-electron chi connectivity index (χ4n) is 13.2. The number of anilines is 1. The Kier molecular flexibility index (Phi) is 27.4. The number of nitrogens with zero attached hydrogens (tertiary/aromatic N) is 7. The summed E-state index contributed by atoms with van der Waals surface area (Å²) in [6.07, 6.45) is 13.1. The minimum absolute atomic E-state index is 0.0466. The Balaban J connectivity index is 0.000000215. The highest BCUT2D eigenvalue weighted by molar-refractivity contribution is 9.10. The van der Waals surface area contributed by atoms with Gasteiger partial charge >= 0.3 is 12.2 Å². The lowest BCUT2D eigenvalue weighted by Gasteiger charge is -2.34. The van der Waals surface area contributed by atoms with Crippen molar-refractivity contribution in [3.8, 4) is 0 Å². The number of aromatic nitrogens is 4. The van der Waals surface area contributed by atoms with Crippen LogP contribution >= 0.6 is 15.9 Å². The number of aliphatic hydroxyl groups is 2. The molecule has 0 spiro atoms. The number of likely N-dealkylation sites (tertiary alicyclic amines) is 2. The Hall–Kier alpha value is -6.54. The first-order chi connectivity index (χ1) is 44.7. The Bertz CT molecular complexity index is 3290. The maximum Gasteiger partial charge on any atom is 0.407 e. The summed E-state index contributed by atoms with van der Waals surface area (Å²) in [4.78, 5) is 69.4. The van der Waals surface area contributed by atoms with Crippen molar-refractivity contribution in [2.45, 2.75) is 206 Å². The lowest BCUT2D eigenvalue weighted by atomic mass is 9.95. The molecule has 508 valence electrons. The Morgan fingerprint density at radius 1 is 0.581 bits per heavy atom. The molecular formula is C74H107BrN10O8. The van der Waals surface area contributed by atoms with Gasteiger partial charge in [0.1, 0.15) is 22.9 Å². The van der Waals surface area contributed by atoms with Gasteiger partial charge in [0.05, 0.1) is 22.1 Å². The number of carbonyl (C=O) groups is 4. The number of hydrogen-bond donors (Lipinski definition) is 5. The number of benzene rings is 4. The lowest BCUT2D eigenvalue weighted by Crippen LogP contribution is -2.46. The third-order valence-corrected chi connectivity index (χ3v) is 18.7. The van der Waals surface area contributed by atoms with E-state index in [-0.39, 0.29) is 49.1 Å². The van der Waals surface area contributed by atoms with Crippen LogP contribution < -0.4 is 20.9 Å². The zero-order valence-electron chi connectivity index (χ0n) is 56.9. The summed E-state index contributed by atoms with van der Waals surface area (Å²) in [5.41, 5.74) is 6.39. The molecule has 10 rings (SSSR count). The van der Waals surface area contributed by atoms with E-state index in [1.54, 1.807) is 0 Å². The van der Waals surface area contributed by atoms with Crippen molar-refractivity contribution in [3.63, 3.8) is 0 Å². The van der Waals surface area contributed by atoms with Crippen LogP contribution in [0.2, 0.25) is 0 Å². The van der Waals surface area contributed by atoms with Crippen molar-refractivity contribution in [1.82, 2.24) is 44.9 Å². The van der Waals surface area contributed by atoms with E-state index in [1.807, 2.05) is 87.7 Å². The summed E-state index contributed by atoms with van der Waals surface area (Å²) < 4.78 is 16.8. The molecule has 6 aromatic rings. The van der Waals surface area contributed by atoms with E-state index in [1.165, 1.54) is 5.52 Å². The number of imidazole rings is 2. The number of amides is 4. The van der Waals surface area contributed by atoms with Crippen LogP contribution in [0.25, 0.3) is 22.1 Å². The number of fused-ring (bicyclic) bond motifs is 2. The molecule has 18 nitrogen and oxygen atoms in total. The summed E-state index contributed by atoms with van der Waals surface area (Å²) in [5.74, 6) is 3.60. The number of ether oxygens (including phenoxy) is 2. The van der Waals surface area contributed by atoms with Gasteiger partial charge in [0.15, 0.2) is 0 Å². The summed E-state index contributed by atoms with van der Waals surface area (Å²) in [5, 5.41) is 27.4.